The summed E-state index contributed by atoms with van der Waals surface area (Å²) in [4.78, 5) is 14.9. The van der Waals surface area contributed by atoms with E-state index in [1.807, 2.05) is 41.0 Å². The van der Waals surface area contributed by atoms with E-state index in [4.69, 9.17) is 0 Å². The number of rotatable bonds is 3. The normalized spacial score (nSPS) is 15.1. The van der Waals surface area contributed by atoms with Crippen molar-refractivity contribution in [2.45, 2.75) is 33.6 Å². The second-order valence-electron chi connectivity index (χ2n) is 10.1. The topological polar surface area (TPSA) is 105 Å². The molecule has 0 atom stereocenters. The van der Waals surface area contributed by atoms with Gasteiger partial charge < -0.3 is 10.2 Å². The Morgan fingerprint density at radius 2 is 1.88 bits per heavy atom. The Hall–Kier alpha value is -3.75. The number of aryl methyl sites for hydroxylation is 1. The summed E-state index contributed by atoms with van der Waals surface area (Å²) < 4.78 is 1.85. The van der Waals surface area contributed by atoms with Gasteiger partial charge in [0, 0.05) is 36.8 Å². The van der Waals surface area contributed by atoms with Gasteiger partial charge in [0.15, 0.2) is 0 Å². The Balaban J connectivity index is 1.40. The average molecular weight is 459 g/mol. The predicted molar refractivity (Wildman–Crippen MR) is 132 cm³/mol. The Kier molecular flexibility index (Phi) is 5.55. The molecule has 0 spiro atoms. The number of carbonyl (C=O) groups excluding carboxylic acids is 1. The number of hydrogen-bond donors (Lipinski definition) is 2. The standard InChI is InChI=1S/C25H30N8O/c1-25(2,3)18-9-11-33(12-10-18)24(34)27-19-6-7-20(21(14-19)23-28-30-31-29-23)16-5-8-22-17(13-16)15-26-32(22)4/h5-8,13-15,18H,9-12H2,1-4H3,(H,27,34)(H,28,29,30,31). The van der Waals surface area contributed by atoms with Gasteiger partial charge in [0.2, 0.25) is 5.82 Å². The number of nitrogens with one attached hydrogen (secondary N) is 2. The van der Waals surface area contributed by atoms with Crippen molar-refractivity contribution >= 4 is 22.6 Å². The third kappa shape index (κ3) is 4.25. The predicted octanol–water partition coefficient (Wildman–Crippen LogP) is 4.71. The number of piperidine rings is 1. The summed E-state index contributed by atoms with van der Waals surface area (Å²) in [6.07, 6.45) is 3.91. The molecule has 5 rings (SSSR count). The van der Waals surface area contributed by atoms with E-state index >= 15 is 0 Å². The van der Waals surface area contributed by atoms with Crippen molar-refractivity contribution in [1.82, 2.24) is 35.3 Å². The zero-order chi connectivity index (χ0) is 23.9. The first-order chi connectivity index (χ1) is 16.3. The maximum Gasteiger partial charge on any atom is 0.321 e. The number of carbonyl (C=O) groups is 1. The van der Waals surface area contributed by atoms with E-state index < -0.39 is 0 Å². The first-order valence-corrected chi connectivity index (χ1v) is 11.7. The molecular formula is C25H30N8O. The van der Waals surface area contributed by atoms with Crippen molar-refractivity contribution in [3.05, 3.63) is 42.6 Å². The summed E-state index contributed by atoms with van der Waals surface area (Å²) in [5, 5.41) is 23.1. The minimum absolute atomic E-state index is 0.0732. The molecule has 0 unspecified atom stereocenters. The molecule has 0 radical (unpaired) electrons. The molecule has 2 N–H and O–H groups in total. The average Bonchev–Trinajstić information content (AvgIpc) is 3.49. The maximum absolute atomic E-state index is 13.0. The molecule has 1 aliphatic rings. The van der Waals surface area contributed by atoms with E-state index in [0.717, 1.165) is 53.5 Å². The zero-order valence-electron chi connectivity index (χ0n) is 20.0. The van der Waals surface area contributed by atoms with Gasteiger partial charge in [-0.15, -0.1) is 10.2 Å². The van der Waals surface area contributed by atoms with E-state index in [9.17, 15) is 4.79 Å². The number of likely N-dealkylation sites (tertiary alicyclic amines) is 1. The highest BCUT2D eigenvalue weighted by Gasteiger charge is 2.30. The van der Waals surface area contributed by atoms with Gasteiger partial charge in [-0.3, -0.25) is 4.68 Å². The number of fused-ring (bicyclic) bond motifs is 1. The molecule has 0 aliphatic carbocycles. The third-order valence-corrected chi connectivity index (χ3v) is 6.92. The van der Waals surface area contributed by atoms with Crippen molar-refractivity contribution in [3.8, 4) is 22.5 Å². The van der Waals surface area contributed by atoms with Crippen LogP contribution in [0.1, 0.15) is 33.6 Å². The number of amides is 2. The highest BCUT2D eigenvalue weighted by molar-refractivity contribution is 5.93. The van der Waals surface area contributed by atoms with Crippen LogP contribution in [0.4, 0.5) is 10.5 Å². The van der Waals surface area contributed by atoms with E-state index in [2.05, 4.69) is 70.0 Å². The second kappa shape index (κ2) is 8.55. The number of aromatic amines is 1. The molecule has 2 aromatic carbocycles. The molecule has 2 amide bonds. The Labute approximate surface area is 198 Å². The molecule has 1 saturated heterocycles. The molecular weight excluding hydrogens is 428 g/mol. The SMILES string of the molecule is Cn1ncc2cc(-c3ccc(NC(=O)N4CCC(C(C)(C)C)CC4)cc3-c3nn[nH]n3)ccc21. The number of benzene rings is 2. The molecule has 1 fully saturated rings. The zero-order valence-corrected chi connectivity index (χ0v) is 20.0. The minimum Gasteiger partial charge on any atom is -0.325 e. The number of hydrogen-bond acceptors (Lipinski definition) is 5. The van der Waals surface area contributed by atoms with Crippen molar-refractivity contribution < 1.29 is 4.79 Å². The summed E-state index contributed by atoms with van der Waals surface area (Å²) in [5.41, 5.74) is 4.80. The summed E-state index contributed by atoms with van der Waals surface area (Å²) in [5.74, 6) is 1.11. The van der Waals surface area contributed by atoms with Crippen LogP contribution in [0.5, 0.6) is 0 Å². The van der Waals surface area contributed by atoms with Crippen LogP contribution >= 0.6 is 0 Å². The van der Waals surface area contributed by atoms with Crippen LogP contribution in [0.25, 0.3) is 33.4 Å². The van der Waals surface area contributed by atoms with Gasteiger partial charge >= 0.3 is 6.03 Å². The second-order valence-corrected chi connectivity index (χ2v) is 10.1. The number of urea groups is 1. The summed E-state index contributed by atoms with van der Waals surface area (Å²) in [7, 11) is 1.93. The van der Waals surface area contributed by atoms with Gasteiger partial charge in [0.1, 0.15) is 0 Å². The van der Waals surface area contributed by atoms with Crippen LogP contribution < -0.4 is 5.32 Å². The minimum atomic E-state index is -0.0732. The first kappa shape index (κ1) is 22.1. The molecule has 2 aromatic heterocycles. The Morgan fingerprint density at radius 1 is 1.09 bits per heavy atom. The Bertz CT molecular complexity index is 1310. The van der Waals surface area contributed by atoms with Gasteiger partial charge in [-0.2, -0.15) is 10.3 Å². The fourth-order valence-electron chi connectivity index (χ4n) is 4.82. The molecule has 0 bridgehead atoms. The maximum atomic E-state index is 13.0. The molecule has 3 heterocycles. The van der Waals surface area contributed by atoms with E-state index in [1.54, 1.807) is 0 Å². The number of anilines is 1. The van der Waals surface area contributed by atoms with Gasteiger partial charge in [-0.25, -0.2) is 4.79 Å². The third-order valence-electron chi connectivity index (χ3n) is 6.92. The molecule has 9 nitrogen and oxygen atoms in total. The fraction of sp³-hybridized carbons (Fsp3) is 0.400. The molecule has 1 aliphatic heterocycles. The summed E-state index contributed by atoms with van der Waals surface area (Å²) in [6.45, 7) is 8.38. The number of H-pyrrole nitrogens is 1. The van der Waals surface area contributed by atoms with Gasteiger partial charge in [0.25, 0.3) is 0 Å². The van der Waals surface area contributed by atoms with Crippen LogP contribution in [0.15, 0.2) is 42.6 Å². The van der Waals surface area contributed by atoms with Crippen LogP contribution in [0, 0.1) is 11.3 Å². The van der Waals surface area contributed by atoms with Crippen molar-refractivity contribution in [2.24, 2.45) is 18.4 Å². The van der Waals surface area contributed by atoms with Gasteiger partial charge in [-0.1, -0.05) is 32.9 Å². The van der Waals surface area contributed by atoms with Crippen molar-refractivity contribution in [2.75, 3.05) is 18.4 Å². The number of tetrazole rings is 1. The highest BCUT2D eigenvalue weighted by Crippen LogP contribution is 2.36. The molecule has 9 heteroatoms. The van der Waals surface area contributed by atoms with E-state index in [0.29, 0.717) is 17.4 Å². The largest absolute Gasteiger partial charge is 0.325 e. The highest BCUT2D eigenvalue weighted by atomic mass is 16.2. The lowest BCUT2D eigenvalue weighted by atomic mass is 9.75. The van der Waals surface area contributed by atoms with Gasteiger partial charge in [0.05, 0.1) is 11.7 Å². The molecule has 34 heavy (non-hydrogen) atoms. The van der Waals surface area contributed by atoms with Crippen molar-refractivity contribution in [3.63, 3.8) is 0 Å². The van der Waals surface area contributed by atoms with E-state index in [-0.39, 0.29) is 11.4 Å². The quantitative estimate of drug-likeness (QED) is 0.463. The van der Waals surface area contributed by atoms with Crippen LogP contribution in [-0.2, 0) is 7.05 Å². The molecule has 176 valence electrons. The first-order valence-electron chi connectivity index (χ1n) is 11.7. The van der Waals surface area contributed by atoms with Crippen LogP contribution in [0.3, 0.4) is 0 Å². The summed E-state index contributed by atoms with van der Waals surface area (Å²) in [6, 6.07) is 12.0. The fourth-order valence-corrected chi connectivity index (χ4v) is 4.82. The lowest BCUT2D eigenvalue weighted by Gasteiger charge is -2.38. The van der Waals surface area contributed by atoms with Crippen LogP contribution in [-0.4, -0.2) is 54.4 Å². The Morgan fingerprint density at radius 3 is 2.59 bits per heavy atom. The van der Waals surface area contributed by atoms with Crippen LogP contribution in [0.2, 0.25) is 0 Å². The monoisotopic (exact) mass is 458 g/mol. The number of nitrogens with zero attached hydrogens (tertiary/aromatic N) is 6. The number of aromatic nitrogens is 6. The lowest BCUT2D eigenvalue weighted by Crippen LogP contribution is -2.43. The van der Waals surface area contributed by atoms with Crippen molar-refractivity contribution in [1.29, 1.82) is 0 Å². The lowest BCUT2D eigenvalue weighted by molar-refractivity contribution is 0.128. The molecule has 4 aromatic rings. The molecule has 0 saturated carbocycles. The summed E-state index contributed by atoms with van der Waals surface area (Å²) >= 11 is 0. The van der Waals surface area contributed by atoms with E-state index in [1.165, 1.54) is 0 Å². The smallest absolute Gasteiger partial charge is 0.321 e. The van der Waals surface area contributed by atoms with Gasteiger partial charge in [-0.05, 0) is 64.8 Å².